The van der Waals surface area contributed by atoms with Crippen molar-refractivity contribution < 1.29 is 0 Å². The Labute approximate surface area is 112 Å². The smallest absolute Gasteiger partial charge is 0 e. The van der Waals surface area contributed by atoms with Gasteiger partial charge in [-0.15, -0.1) is 0 Å². The third-order valence-corrected chi connectivity index (χ3v) is 0. The van der Waals surface area contributed by atoms with Crippen LogP contribution >= 0.6 is 29.7 Å². The summed E-state index contributed by atoms with van der Waals surface area (Å²) in [5, 5.41) is 0. The van der Waals surface area contributed by atoms with Gasteiger partial charge in [-0.25, -0.2) is 0 Å². The molecular weight excluding hydrogens is 547 g/mol. The fourth-order valence-electron chi connectivity index (χ4n) is 0. The predicted molar refractivity (Wildman–Crippen MR) is 34.5 cm³/mol. The number of rotatable bonds is 0. The molecule has 19 valence electrons. The molecule has 0 nitrogen and oxygen atoms in total. The SMILES string of the molecule is [Br][Pb][I].[Cs]. The van der Waals surface area contributed by atoms with E-state index in [4.69, 9.17) is 0 Å². The van der Waals surface area contributed by atoms with Crippen LogP contribution in [0.1, 0.15) is 0 Å². The summed E-state index contributed by atoms with van der Waals surface area (Å²) in [6, 6.07) is 0. The Bertz CT molecular complexity index is 8.00. The van der Waals surface area contributed by atoms with Crippen molar-refractivity contribution in [2.45, 2.75) is 0 Å². The van der Waals surface area contributed by atoms with Crippen molar-refractivity contribution in [1.82, 2.24) is 0 Å². The van der Waals surface area contributed by atoms with Gasteiger partial charge in [0.25, 0.3) is 0 Å². The van der Waals surface area contributed by atoms with Gasteiger partial charge in [-0.1, -0.05) is 0 Å². The predicted octanol–water partition coefficient (Wildman–Crippen LogP) is 0.970. The molecule has 0 amide bonds. The Morgan fingerprint density at radius 2 is 1.75 bits per heavy atom. The normalized spacial score (nSPS) is 4.50. The van der Waals surface area contributed by atoms with Crippen LogP contribution in [-0.4, -0.2) is 86.4 Å². The molecule has 3 radical (unpaired) electrons. The van der Waals surface area contributed by atoms with Crippen molar-refractivity contribution in [3.8, 4) is 0 Å². The van der Waals surface area contributed by atoms with Gasteiger partial charge < -0.3 is 0 Å². The van der Waals surface area contributed by atoms with Gasteiger partial charge >= 0.3 is 47.3 Å². The fourth-order valence-corrected chi connectivity index (χ4v) is 0. The van der Waals surface area contributed by atoms with Crippen molar-refractivity contribution in [3.05, 3.63) is 0 Å². The Morgan fingerprint density at radius 3 is 1.75 bits per heavy atom. The Hall–Kier alpha value is 4.18. The second-order valence-electron chi connectivity index (χ2n) is 0.0714. The van der Waals surface area contributed by atoms with E-state index in [1.54, 1.807) is 0 Å². The Balaban J connectivity index is 0. The minimum absolute atomic E-state index is 0. The summed E-state index contributed by atoms with van der Waals surface area (Å²) in [4.78, 5) is 0. The van der Waals surface area contributed by atoms with Gasteiger partial charge in [0.2, 0.25) is 0 Å². The molecule has 0 saturated carbocycles. The summed E-state index contributed by atoms with van der Waals surface area (Å²) in [5.74, 6) is 0. The molecule has 0 spiro atoms. The van der Waals surface area contributed by atoms with E-state index >= 15 is 0 Å². The van der Waals surface area contributed by atoms with E-state index in [1.807, 2.05) is 0 Å². The van der Waals surface area contributed by atoms with Crippen LogP contribution < -0.4 is 0 Å². The van der Waals surface area contributed by atoms with Crippen LogP contribution in [0.4, 0.5) is 0 Å². The molecule has 0 fully saturated rings. The maximum atomic E-state index is 3.33. The van der Waals surface area contributed by atoms with Crippen LogP contribution in [0.25, 0.3) is 0 Å². The van der Waals surface area contributed by atoms with Crippen molar-refractivity contribution in [3.63, 3.8) is 0 Å². The fraction of sp³-hybridized carbons (Fsp3) is 0. The number of hydrogen-bond acceptors (Lipinski definition) is 0. The maximum Gasteiger partial charge on any atom is 0 e. The number of halogens is 2. The average molecular weight is 547 g/mol. The monoisotopic (exact) mass is 547 g/mol. The van der Waals surface area contributed by atoms with E-state index < -0.39 is 0 Å². The first-order valence-corrected chi connectivity index (χ1v) is 19.7. The van der Waals surface area contributed by atoms with Gasteiger partial charge in [0.15, 0.2) is 0 Å². The minimum atomic E-state index is -0.134. The third-order valence-electron chi connectivity index (χ3n) is 0. The molecule has 0 unspecified atom stereocenters. The molecule has 4 heteroatoms. The zero-order valence-electron chi connectivity index (χ0n) is 2.26. The van der Waals surface area contributed by atoms with Gasteiger partial charge in [-0.05, 0) is 0 Å². The summed E-state index contributed by atoms with van der Waals surface area (Å²) >= 11 is 5.59. The summed E-state index contributed by atoms with van der Waals surface area (Å²) in [5.41, 5.74) is 0. The van der Waals surface area contributed by atoms with Crippen LogP contribution in [0, 0.1) is 0 Å². The molecule has 0 aliphatic heterocycles. The first-order valence-electron chi connectivity index (χ1n) is 0.378. The second-order valence-corrected chi connectivity index (χ2v) is 21.8. The molecule has 0 N–H and O–H groups in total. The van der Waals surface area contributed by atoms with Crippen molar-refractivity contribution in [2.24, 2.45) is 0 Å². The van der Waals surface area contributed by atoms with Gasteiger partial charge in [0.05, 0.1) is 0 Å². The molecule has 0 aliphatic rings. The molecule has 0 aromatic carbocycles. The van der Waals surface area contributed by atoms with Crippen LogP contribution in [0.15, 0.2) is 0 Å². The first-order chi connectivity index (χ1) is 1.41. The standard InChI is InChI=1S/BrH.Cs.HI.Pb/h1H;;1H;/q;;;+2/p-2. The molecule has 0 saturated heterocycles. The van der Waals surface area contributed by atoms with E-state index in [-0.39, 0.29) is 86.4 Å². The molecular formula is BrCsIPb. The zero-order chi connectivity index (χ0) is 2.71. The van der Waals surface area contributed by atoms with Crippen molar-refractivity contribution >= 4 is 116 Å². The van der Waals surface area contributed by atoms with E-state index in [1.165, 1.54) is 0 Å². The van der Waals surface area contributed by atoms with Crippen LogP contribution in [-0.2, 0) is 0 Å². The summed E-state index contributed by atoms with van der Waals surface area (Å²) in [6.07, 6.45) is 0. The molecule has 0 heterocycles. The quantitative estimate of drug-likeness (QED) is 0.314. The molecule has 0 aromatic heterocycles. The average Bonchev–Trinajstić information content (AvgIpc) is 0.918. The Morgan fingerprint density at radius 1 is 1.75 bits per heavy atom. The van der Waals surface area contributed by atoms with E-state index in [0.29, 0.717) is 0 Å². The van der Waals surface area contributed by atoms with E-state index in [0.717, 1.165) is 0 Å². The molecule has 0 bridgehead atoms. The van der Waals surface area contributed by atoms with Gasteiger partial charge in [-0.2, -0.15) is 0 Å². The van der Waals surface area contributed by atoms with E-state index in [2.05, 4.69) is 29.7 Å². The Kier molecular flexibility index (Phi) is 28.2. The first kappa shape index (κ1) is 11.0. The summed E-state index contributed by atoms with van der Waals surface area (Å²) in [7, 11) is 0. The minimum Gasteiger partial charge on any atom is 0 e. The maximum absolute atomic E-state index is 3.33. The second kappa shape index (κ2) is 10.2. The molecule has 0 atom stereocenters. The van der Waals surface area contributed by atoms with Crippen molar-refractivity contribution in [2.75, 3.05) is 0 Å². The summed E-state index contributed by atoms with van der Waals surface area (Å²) < 4.78 is 0. The topological polar surface area (TPSA) is 0 Å². The van der Waals surface area contributed by atoms with E-state index in [9.17, 15) is 0 Å². The molecule has 4 heavy (non-hydrogen) atoms. The van der Waals surface area contributed by atoms with Crippen LogP contribution in [0.5, 0.6) is 0 Å². The largest absolute Gasteiger partial charge is 0 e. The van der Waals surface area contributed by atoms with Crippen LogP contribution in [0.2, 0.25) is 0 Å². The number of hydrogen-bond donors (Lipinski definition) is 0. The van der Waals surface area contributed by atoms with Crippen molar-refractivity contribution in [1.29, 1.82) is 0 Å². The summed E-state index contributed by atoms with van der Waals surface area (Å²) in [6.45, 7) is 0. The van der Waals surface area contributed by atoms with Gasteiger partial charge in [-0.3, -0.25) is 0 Å². The molecule has 0 aliphatic carbocycles. The third kappa shape index (κ3) is 9.49. The van der Waals surface area contributed by atoms with Gasteiger partial charge in [0, 0.05) is 68.9 Å². The van der Waals surface area contributed by atoms with Gasteiger partial charge in [0.1, 0.15) is 0 Å². The van der Waals surface area contributed by atoms with Crippen LogP contribution in [0.3, 0.4) is 0 Å². The zero-order valence-corrected chi connectivity index (χ0v) is 16.2. The molecule has 0 rings (SSSR count). The molecule has 0 aromatic rings.